The monoisotopic (exact) mass is 602 g/mol. The normalized spacial score (nSPS) is 20.5. The fourth-order valence-corrected chi connectivity index (χ4v) is 3.97. The van der Waals surface area contributed by atoms with E-state index < -0.39 is 44.1 Å². The van der Waals surface area contributed by atoms with Crippen molar-refractivity contribution >= 4 is 38.5 Å². The predicted octanol–water partition coefficient (Wildman–Crippen LogP) is 2.17. The number of ether oxygens (including phenoxy) is 3. The standard InChI is InChI=1S/C20H30N5O9P.C5H10O/c1-6-20(25-11-24-15(16(22)26)17(25)23-10-21)8-7-14(34-20)9-31-35(28,32-12-29-5)33-13-30-18(27)19(2,3)4;1-5(2,3)4-6/h1,10-11,14,28H,7-9,12-13H2,2-5H3,(H3-,21,22,23,26);4H,1-3H3/p+1. The molecule has 16 heteroatoms. The molecule has 1 amide bonds. The summed E-state index contributed by atoms with van der Waals surface area (Å²) in [4.78, 5) is 52.0. The number of aromatic nitrogens is 2. The quantitative estimate of drug-likeness (QED) is 0.0598. The highest BCUT2D eigenvalue weighted by Gasteiger charge is 2.49. The van der Waals surface area contributed by atoms with Crippen LogP contribution in [0.3, 0.4) is 0 Å². The maximum atomic E-state index is 11.9. The largest absolute Gasteiger partial charge is 0.578 e. The minimum atomic E-state index is -3.95. The molecule has 41 heavy (non-hydrogen) atoms. The van der Waals surface area contributed by atoms with Gasteiger partial charge < -0.3 is 30.5 Å². The average Bonchev–Trinajstić information content (AvgIpc) is 3.51. The number of aldehydes is 1. The van der Waals surface area contributed by atoms with E-state index in [1.54, 1.807) is 20.8 Å². The summed E-state index contributed by atoms with van der Waals surface area (Å²) < 4.78 is 33.1. The van der Waals surface area contributed by atoms with Gasteiger partial charge in [0.1, 0.15) is 19.2 Å². The number of hydrogen-bond acceptors (Lipinski definition) is 12. The van der Waals surface area contributed by atoms with E-state index in [0.717, 1.165) is 12.6 Å². The summed E-state index contributed by atoms with van der Waals surface area (Å²) in [6, 6.07) is 0. The first-order valence-corrected chi connectivity index (χ1v) is 13.9. The predicted molar refractivity (Wildman–Crippen MR) is 149 cm³/mol. The molecule has 230 valence electrons. The Kier molecular flexibility index (Phi) is 13.5. The second kappa shape index (κ2) is 15.3. The molecule has 0 aliphatic carbocycles. The van der Waals surface area contributed by atoms with Crippen molar-refractivity contribution in [3.05, 3.63) is 12.0 Å². The summed E-state index contributed by atoms with van der Waals surface area (Å²) in [5.74, 6) is 1.23. The van der Waals surface area contributed by atoms with Gasteiger partial charge in [0.05, 0.1) is 17.9 Å². The molecule has 1 aromatic rings. The van der Waals surface area contributed by atoms with Gasteiger partial charge in [-0.05, 0) is 33.1 Å². The first-order valence-electron chi connectivity index (χ1n) is 12.4. The molecule has 1 fully saturated rings. The molecule has 2 heterocycles. The van der Waals surface area contributed by atoms with Crippen LogP contribution in [0.2, 0.25) is 0 Å². The summed E-state index contributed by atoms with van der Waals surface area (Å²) in [5, 5.41) is 0. The Balaban J connectivity index is 0.00000126. The number of methoxy groups -OCH3 is 1. The van der Waals surface area contributed by atoms with Crippen LogP contribution in [-0.2, 0) is 43.1 Å². The summed E-state index contributed by atoms with van der Waals surface area (Å²) in [6.45, 7) is 9.48. The second-order valence-corrected chi connectivity index (χ2v) is 12.6. The molecular weight excluding hydrogens is 561 g/mol. The molecule has 0 aromatic carbocycles. The van der Waals surface area contributed by atoms with Crippen LogP contribution in [0.1, 0.15) is 64.9 Å². The third kappa shape index (κ3) is 11.1. The third-order valence-corrected chi connectivity index (χ3v) is 6.42. The van der Waals surface area contributed by atoms with E-state index in [1.165, 1.54) is 18.0 Å². The van der Waals surface area contributed by atoms with Gasteiger partial charge in [-0.2, -0.15) is 9.42 Å². The highest BCUT2D eigenvalue weighted by molar-refractivity contribution is 7.55. The molecule has 1 aliphatic heterocycles. The lowest BCUT2D eigenvalue weighted by molar-refractivity contribution is -0.162. The maximum absolute atomic E-state index is 11.9. The van der Waals surface area contributed by atoms with Crippen LogP contribution < -0.4 is 11.5 Å². The first kappa shape index (κ1) is 36.1. The number of primary amides is 1. The second-order valence-electron chi connectivity index (χ2n) is 10.8. The molecule has 0 radical (unpaired) electrons. The minimum Gasteiger partial charge on any atom is -0.433 e. The number of nitrogens with two attached hydrogens (primary N) is 2. The zero-order valence-electron chi connectivity index (χ0n) is 24.5. The fourth-order valence-electron chi connectivity index (χ4n) is 2.97. The van der Waals surface area contributed by atoms with Crippen LogP contribution in [0, 0.1) is 23.2 Å². The SMILES string of the molecule is C#CC1(n2cnc(C(N)=O)c2/N=C\N)CCC(CO[P+](O)(OCOC)OCOC(=O)C(C)(C)C)O1.CC(C)(C)C=O. The van der Waals surface area contributed by atoms with Crippen LogP contribution >= 0.6 is 8.17 Å². The number of carbonyl (C=O) groups is 3. The lowest BCUT2D eigenvalue weighted by Gasteiger charge is -2.26. The summed E-state index contributed by atoms with van der Waals surface area (Å²) >= 11 is 0. The van der Waals surface area contributed by atoms with Gasteiger partial charge in [-0.15, -0.1) is 15.5 Å². The van der Waals surface area contributed by atoms with Crippen molar-refractivity contribution in [2.24, 2.45) is 27.3 Å². The molecule has 0 bridgehead atoms. The van der Waals surface area contributed by atoms with Gasteiger partial charge in [-0.3, -0.25) is 14.2 Å². The van der Waals surface area contributed by atoms with Crippen molar-refractivity contribution in [3.8, 4) is 12.3 Å². The molecule has 1 saturated heterocycles. The number of imidazole rings is 1. The van der Waals surface area contributed by atoms with Gasteiger partial charge in [0, 0.05) is 18.9 Å². The van der Waals surface area contributed by atoms with Crippen molar-refractivity contribution in [1.82, 2.24) is 9.55 Å². The molecule has 15 nitrogen and oxygen atoms in total. The van der Waals surface area contributed by atoms with Crippen molar-refractivity contribution in [2.45, 2.75) is 66.2 Å². The van der Waals surface area contributed by atoms with E-state index >= 15 is 0 Å². The van der Waals surface area contributed by atoms with Gasteiger partial charge in [0.25, 0.3) is 5.91 Å². The number of terminal acetylenes is 1. The van der Waals surface area contributed by atoms with Crippen LogP contribution in [0.5, 0.6) is 0 Å². The number of hydrogen-bond donors (Lipinski definition) is 3. The number of carbonyl (C=O) groups excluding carboxylic acids is 3. The summed E-state index contributed by atoms with van der Waals surface area (Å²) in [7, 11) is -2.61. The van der Waals surface area contributed by atoms with Gasteiger partial charge in [0.2, 0.25) is 12.5 Å². The van der Waals surface area contributed by atoms with Crippen molar-refractivity contribution < 1.29 is 47.1 Å². The zero-order chi connectivity index (χ0) is 31.5. The van der Waals surface area contributed by atoms with E-state index in [2.05, 4.69) is 15.9 Å². The Morgan fingerprint density at radius 3 is 2.39 bits per heavy atom. The molecule has 5 N–H and O–H groups in total. The number of aliphatic imine (C=N–C) groups is 1. The smallest absolute Gasteiger partial charge is 0.433 e. The van der Waals surface area contributed by atoms with Crippen molar-refractivity contribution in [2.75, 3.05) is 27.3 Å². The van der Waals surface area contributed by atoms with E-state index in [9.17, 15) is 19.3 Å². The van der Waals surface area contributed by atoms with Gasteiger partial charge in [-0.25, -0.2) is 9.98 Å². The Morgan fingerprint density at radius 1 is 1.29 bits per heavy atom. The Morgan fingerprint density at radius 2 is 1.90 bits per heavy atom. The minimum absolute atomic E-state index is 0.0379. The van der Waals surface area contributed by atoms with E-state index in [-0.39, 0.29) is 30.3 Å². The molecule has 3 unspecified atom stereocenters. The van der Waals surface area contributed by atoms with Crippen molar-refractivity contribution in [3.63, 3.8) is 0 Å². The Labute approximate surface area is 240 Å². The first-order chi connectivity index (χ1) is 19.0. The fraction of sp³-hybridized carbons (Fsp3) is 0.640. The van der Waals surface area contributed by atoms with Crippen LogP contribution in [0.4, 0.5) is 5.82 Å². The van der Waals surface area contributed by atoms with E-state index in [4.69, 9.17) is 45.7 Å². The zero-order valence-corrected chi connectivity index (χ0v) is 25.4. The average molecular weight is 603 g/mol. The number of esters is 1. The van der Waals surface area contributed by atoms with E-state index in [0.29, 0.717) is 12.8 Å². The molecule has 1 aromatic heterocycles. The molecule has 3 atom stereocenters. The molecule has 0 spiro atoms. The molecular formula is C25H41N5O10P+. The number of amides is 1. The Bertz CT molecular complexity index is 1110. The molecule has 2 rings (SSSR count). The van der Waals surface area contributed by atoms with Gasteiger partial charge in [0.15, 0.2) is 18.3 Å². The highest BCUT2D eigenvalue weighted by atomic mass is 31.2. The molecule has 1 aliphatic rings. The number of nitrogens with zero attached hydrogens (tertiary/aromatic N) is 3. The van der Waals surface area contributed by atoms with Gasteiger partial charge >= 0.3 is 14.1 Å². The lowest BCUT2D eigenvalue weighted by atomic mass is 9.98. The summed E-state index contributed by atoms with van der Waals surface area (Å²) in [6.07, 6.45) is 9.02. The maximum Gasteiger partial charge on any atom is 0.578 e. The molecule has 0 saturated carbocycles. The van der Waals surface area contributed by atoms with Crippen LogP contribution in [0.15, 0.2) is 11.3 Å². The Hall–Kier alpha value is -2.96. The number of rotatable bonds is 12. The van der Waals surface area contributed by atoms with Crippen LogP contribution in [-0.4, -0.2) is 72.4 Å². The van der Waals surface area contributed by atoms with E-state index in [1.807, 2.05) is 20.8 Å². The topological polar surface area (TPSA) is 209 Å². The van der Waals surface area contributed by atoms with Crippen LogP contribution in [0.25, 0.3) is 0 Å². The lowest BCUT2D eigenvalue weighted by Crippen LogP contribution is -2.33. The highest BCUT2D eigenvalue weighted by Crippen LogP contribution is 2.58. The van der Waals surface area contributed by atoms with Crippen molar-refractivity contribution in [1.29, 1.82) is 0 Å². The summed E-state index contributed by atoms with van der Waals surface area (Å²) in [5.41, 5.74) is 8.34. The van der Waals surface area contributed by atoms with Gasteiger partial charge in [-0.1, -0.05) is 20.8 Å². The third-order valence-electron chi connectivity index (χ3n) is 5.08.